The zero-order chi connectivity index (χ0) is 17.0. The molecule has 0 amide bonds. The summed E-state index contributed by atoms with van der Waals surface area (Å²) in [5.74, 6) is 0.480. The molecule has 23 heavy (non-hydrogen) atoms. The van der Waals surface area contributed by atoms with E-state index < -0.39 is 20.9 Å². The zero-order valence-electron chi connectivity index (χ0n) is 13.0. The molecule has 2 rings (SSSR count). The molecule has 2 aromatic carbocycles. The minimum atomic E-state index is -3.72. The van der Waals surface area contributed by atoms with E-state index in [2.05, 4.69) is 5.73 Å². The van der Waals surface area contributed by atoms with E-state index in [9.17, 15) is 12.8 Å². The molecule has 0 saturated heterocycles. The van der Waals surface area contributed by atoms with Crippen LogP contribution in [0.1, 0.15) is 10.8 Å². The number of quaternary nitrogens is 1. The molecule has 2 aromatic rings. The second kappa shape index (κ2) is 6.97. The Kier molecular flexibility index (Phi) is 5.23. The van der Waals surface area contributed by atoms with Crippen molar-refractivity contribution in [3.05, 3.63) is 53.8 Å². The molecule has 124 valence electrons. The van der Waals surface area contributed by atoms with Gasteiger partial charge in [-0.15, -0.1) is 0 Å². The normalized spacial score (nSPS) is 12.7. The minimum absolute atomic E-state index is 0.0467. The summed E-state index contributed by atoms with van der Waals surface area (Å²) in [5.41, 5.74) is 4.24. The maximum atomic E-state index is 13.0. The van der Waals surface area contributed by atoms with E-state index in [1.807, 2.05) is 0 Å². The molecular weight excluding hydrogens is 321 g/mol. The summed E-state index contributed by atoms with van der Waals surface area (Å²) >= 11 is 0. The smallest absolute Gasteiger partial charge is 0.191 e. The van der Waals surface area contributed by atoms with Gasteiger partial charge in [0.1, 0.15) is 22.6 Å². The molecule has 0 radical (unpaired) electrons. The highest BCUT2D eigenvalue weighted by Crippen LogP contribution is 2.35. The van der Waals surface area contributed by atoms with E-state index in [0.717, 1.165) is 12.1 Å². The molecule has 0 spiro atoms. The van der Waals surface area contributed by atoms with Crippen LogP contribution in [0.3, 0.4) is 0 Å². The maximum absolute atomic E-state index is 13.0. The number of ether oxygens (including phenoxy) is 2. The van der Waals surface area contributed by atoms with Gasteiger partial charge < -0.3 is 15.2 Å². The molecule has 0 saturated carbocycles. The van der Waals surface area contributed by atoms with Crippen LogP contribution < -0.4 is 15.2 Å². The van der Waals surface area contributed by atoms with E-state index in [1.54, 1.807) is 18.2 Å². The molecular formula is C16H19FNO4S+. The van der Waals surface area contributed by atoms with Crippen molar-refractivity contribution in [2.45, 2.75) is 10.1 Å². The highest BCUT2D eigenvalue weighted by atomic mass is 32.2. The summed E-state index contributed by atoms with van der Waals surface area (Å²) in [6.07, 6.45) is 0. The first-order valence-corrected chi connectivity index (χ1v) is 8.49. The highest BCUT2D eigenvalue weighted by Gasteiger charge is 2.32. The fourth-order valence-corrected chi connectivity index (χ4v) is 4.03. The molecule has 0 bridgehead atoms. The quantitative estimate of drug-likeness (QED) is 0.810. The Morgan fingerprint density at radius 3 is 2.26 bits per heavy atom. The predicted molar refractivity (Wildman–Crippen MR) is 83.6 cm³/mol. The molecule has 0 heterocycles. The largest absolute Gasteiger partial charge is 0.497 e. The third kappa shape index (κ3) is 3.46. The van der Waals surface area contributed by atoms with E-state index in [0.29, 0.717) is 17.1 Å². The van der Waals surface area contributed by atoms with Gasteiger partial charge in [0.25, 0.3) is 0 Å². The van der Waals surface area contributed by atoms with Crippen LogP contribution in [0.5, 0.6) is 11.5 Å². The van der Waals surface area contributed by atoms with Crippen LogP contribution in [-0.4, -0.2) is 29.2 Å². The van der Waals surface area contributed by atoms with Gasteiger partial charge in [0.05, 0.1) is 25.7 Å². The summed E-state index contributed by atoms with van der Waals surface area (Å²) in [7, 11) is -0.745. The van der Waals surface area contributed by atoms with Crippen LogP contribution >= 0.6 is 0 Å². The lowest BCUT2D eigenvalue weighted by Crippen LogP contribution is -2.54. The van der Waals surface area contributed by atoms with Gasteiger partial charge in [-0.2, -0.15) is 0 Å². The second-order valence-electron chi connectivity index (χ2n) is 4.88. The number of halogens is 1. The van der Waals surface area contributed by atoms with Crippen molar-refractivity contribution in [1.82, 2.24) is 0 Å². The Morgan fingerprint density at radius 2 is 1.74 bits per heavy atom. The molecule has 0 aliphatic carbocycles. The number of rotatable bonds is 6. The van der Waals surface area contributed by atoms with E-state index in [1.165, 1.54) is 26.4 Å². The van der Waals surface area contributed by atoms with Crippen LogP contribution in [-0.2, 0) is 9.84 Å². The average Bonchev–Trinajstić information content (AvgIpc) is 2.56. The van der Waals surface area contributed by atoms with Gasteiger partial charge in [-0.25, -0.2) is 12.8 Å². The third-order valence-electron chi connectivity index (χ3n) is 3.57. The molecule has 1 atom stereocenters. The van der Waals surface area contributed by atoms with Gasteiger partial charge in [0, 0.05) is 11.6 Å². The molecule has 5 nitrogen and oxygen atoms in total. The fourth-order valence-electron chi connectivity index (χ4n) is 2.35. The first-order chi connectivity index (χ1) is 10.9. The zero-order valence-corrected chi connectivity index (χ0v) is 13.8. The second-order valence-corrected chi connectivity index (χ2v) is 7.01. The van der Waals surface area contributed by atoms with Gasteiger partial charge in [-0.1, -0.05) is 6.07 Å². The Balaban J connectivity index is 2.52. The number of benzene rings is 2. The minimum Gasteiger partial charge on any atom is -0.497 e. The lowest BCUT2D eigenvalue weighted by molar-refractivity contribution is -0.367. The molecule has 0 aromatic heterocycles. The Bertz CT molecular complexity index is 775. The van der Waals surface area contributed by atoms with E-state index in [4.69, 9.17) is 9.47 Å². The van der Waals surface area contributed by atoms with Crippen LogP contribution in [0.25, 0.3) is 0 Å². The van der Waals surface area contributed by atoms with Crippen molar-refractivity contribution in [3.8, 4) is 11.5 Å². The Morgan fingerprint density at radius 1 is 1.09 bits per heavy atom. The van der Waals surface area contributed by atoms with Crippen LogP contribution in [0.2, 0.25) is 0 Å². The standard InChI is InChI=1S/C16H18FNO4S/c1-21-12-5-8-14(15(9-12)22-2)16(10-18)23(19,20)13-6-3-11(17)4-7-13/h3-9,16H,10,18H2,1-2H3/p+1/t16-/m0/s1. The van der Waals surface area contributed by atoms with Crippen LogP contribution in [0, 0.1) is 5.82 Å². The van der Waals surface area contributed by atoms with Crippen molar-refractivity contribution >= 4 is 9.84 Å². The first kappa shape index (κ1) is 17.2. The summed E-state index contributed by atoms with van der Waals surface area (Å²) in [5, 5.41) is -0.895. The van der Waals surface area contributed by atoms with Crippen LogP contribution in [0.15, 0.2) is 47.4 Å². The Labute approximate surface area is 134 Å². The third-order valence-corrected chi connectivity index (χ3v) is 5.73. The van der Waals surface area contributed by atoms with Crippen molar-refractivity contribution in [2.75, 3.05) is 20.8 Å². The summed E-state index contributed by atoms with van der Waals surface area (Å²) in [6, 6.07) is 9.69. The highest BCUT2D eigenvalue weighted by molar-refractivity contribution is 7.91. The van der Waals surface area contributed by atoms with E-state index in [-0.39, 0.29) is 11.4 Å². The fraction of sp³-hybridized carbons (Fsp3) is 0.250. The topological polar surface area (TPSA) is 80.2 Å². The van der Waals surface area contributed by atoms with Crippen LogP contribution in [0.4, 0.5) is 4.39 Å². The lowest BCUT2D eigenvalue weighted by Gasteiger charge is -2.18. The van der Waals surface area contributed by atoms with Crippen molar-refractivity contribution in [1.29, 1.82) is 0 Å². The number of hydrogen-bond donors (Lipinski definition) is 1. The van der Waals surface area contributed by atoms with Crippen molar-refractivity contribution in [2.24, 2.45) is 0 Å². The van der Waals surface area contributed by atoms with Gasteiger partial charge in [0.15, 0.2) is 9.84 Å². The van der Waals surface area contributed by atoms with E-state index >= 15 is 0 Å². The lowest BCUT2D eigenvalue weighted by atomic mass is 10.1. The summed E-state index contributed by atoms with van der Waals surface area (Å²) in [4.78, 5) is 0.0467. The molecule has 0 aliphatic heterocycles. The molecule has 0 unspecified atom stereocenters. The first-order valence-electron chi connectivity index (χ1n) is 6.94. The predicted octanol–water partition coefficient (Wildman–Crippen LogP) is 1.60. The van der Waals surface area contributed by atoms with Crippen molar-refractivity contribution in [3.63, 3.8) is 0 Å². The molecule has 0 fully saturated rings. The summed E-state index contributed by atoms with van der Waals surface area (Å²) < 4.78 is 49.1. The molecule has 3 N–H and O–H groups in total. The summed E-state index contributed by atoms with van der Waals surface area (Å²) in [6.45, 7) is 0.113. The Hall–Kier alpha value is -2.12. The number of sulfone groups is 1. The number of hydrogen-bond acceptors (Lipinski definition) is 4. The van der Waals surface area contributed by atoms with Gasteiger partial charge >= 0.3 is 0 Å². The average molecular weight is 340 g/mol. The van der Waals surface area contributed by atoms with Crippen molar-refractivity contribution < 1.29 is 28.0 Å². The van der Waals surface area contributed by atoms with Gasteiger partial charge in [0.2, 0.25) is 0 Å². The maximum Gasteiger partial charge on any atom is 0.191 e. The SMILES string of the molecule is COc1ccc([C@H](C[NH3+])S(=O)(=O)c2ccc(F)cc2)c(OC)c1. The van der Waals surface area contributed by atoms with Gasteiger partial charge in [-0.05, 0) is 30.3 Å². The molecule has 0 aliphatic rings. The monoisotopic (exact) mass is 340 g/mol. The number of methoxy groups -OCH3 is 2. The molecule has 7 heteroatoms. The van der Waals surface area contributed by atoms with Gasteiger partial charge in [-0.3, -0.25) is 0 Å².